The van der Waals surface area contributed by atoms with Gasteiger partial charge in [-0.3, -0.25) is 9.69 Å². The van der Waals surface area contributed by atoms with Crippen LogP contribution in [0.1, 0.15) is 70.0 Å². The van der Waals surface area contributed by atoms with Crippen LogP contribution < -0.4 is 5.32 Å². The fraction of sp³-hybridized carbons (Fsp3) is 0.262. The number of nitrogens with one attached hydrogen (secondary N) is 1. The molecule has 0 radical (unpaired) electrons. The van der Waals surface area contributed by atoms with Gasteiger partial charge in [-0.2, -0.15) is 0 Å². The van der Waals surface area contributed by atoms with Crippen molar-refractivity contribution in [2.45, 2.75) is 57.1 Å². The number of aliphatic hydroxyl groups excluding tert-OH is 2. The number of amides is 1. The minimum absolute atomic E-state index is 0.0124. The lowest BCUT2D eigenvalue weighted by molar-refractivity contribution is -0.253. The molecule has 1 saturated heterocycles. The lowest BCUT2D eigenvalue weighted by atomic mass is 9.97. The Labute approximate surface area is 288 Å². The minimum Gasteiger partial charge on any atom is -0.392 e. The lowest BCUT2D eigenvalue weighted by Crippen LogP contribution is -2.43. The predicted octanol–water partition coefficient (Wildman–Crippen LogP) is 7.38. The third kappa shape index (κ3) is 8.51. The molecule has 1 aliphatic heterocycles. The number of ether oxygens (including phenoxy) is 2. The number of carbonyl (C=O) groups is 1. The van der Waals surface area contributed by atoms with E-state index in [1.165, 1.54) is 0 Å². The number of aliphatic hydroxyl groups is 2. The summed E-state index contributed by atoms with van der Waals surface area (Å²) in [7, 11) is 2.02. The second-order valence-corrected chi connectivity index (χ2v) is 12.7. The Balaban J connectivity index is 1.19. The van der Waals surface area contributed by atoms with Crippen LogP contribution in [0.15, 0.2) is 133 Å². The molecule has 0 saturated carbocycles. The predicted molar refractivity (Wildman–Crippen MR) is 191 cm³/mol. The van der Waals surface area contributed by atoms with Crippen molar-refractivity contribution in [1.29, 1.82) is 0 Å². The number of hydrogen-bond donors (Lipinski definition) is 3. The molecule has 252 valence electrons. The van der Waals surface area contributed by atoms with E-state index in [4.69, 9.17) is 9.47 Å². The minimum atomic E-state index is -0.634. The van der Waals surface area contributed by atoms with Crippen LogP contribution in [-0.2, 0) is 22.6 Å². The summed E-state index contributed by atoms with van der Waals surface area (Å²) >= 11 is 0. The van der Waals surface area contributed by atoms with Crippen LogP contribution in [0.4, 0.5) is 0 Å². The van der Waals surface area contributed by atoms with Crippen molar-refractivity contribution in [2.24, 2.45) is 0 Å². The van der Waals surface area contributed by atoms with Gasteiger partial charge in [0.2, 0.25) is 0 Å². The Morgan fingerprint density at radius 1 is 0.816 bits per heavy atom. The van der Waals surface area contributed by atoms with Gasteiger partial charge in [0.25, 0.3) is 5.91 Å². The highest BCUT2D eigenvalue weighted by Crippen LogP contribution is 2.39. The van der Waals surface area contributed by atoms with E-state index in [0.29, 0.717) is 25.1 Å². The van der Waals surface area contributed by atoms with E-state index in [2.05, 4.69) is 28.4 Å². The highest BCUT2D eigenvalue weighted by atomic mass is 16.7. The molecule has 0 aliphatic carbocycles. The zero-order valence-electron chi connectivity index (χ0n) is 28.0. The number of nitrogens with zero attached hydrogens (tertiary/aromatic N) is 1. The van der Waals surface area contributed by atoms with Gasteiger partial charge in [-0.15, -0.1) is 0 Å². The van der Waals surface area contributed by atoms with Crippen LogP contribution in [-0.4, -0.2) is 46.8 Å². The molecular weight excluding hydrogens is 612 g/mol. The van der Waals surface area contributed by atoms with Crippen LogP contribution in [0.5, 0.6) is 0 Å². The average Bonchev–Trinajstić information content (AvgIpc) is 3.17. The van der Waals surface area contributed by atoms with Gasteiger partial charge in [-0.05, 0) is 59.5 Å². The number of likely N-dealkylation sites (N-methyl/N-ethyl adjacent to an activating group) is 1. The Morgan fingerprint density at radius 2 is 1.45 bits per heavy atom. The molecule has 7 heteroatoms. The first-order valence-corrected chi connectivity index (χ1v) is 16.8. The number of hydrogen-bond acceptors (Lipinski definition) is 6. The van der Waals surface area contributed by atoms with E-state index in [0.717, 1.165) is 38.9 Å². The van der Waals surface area contributed by atoms with E-state index in [9.17, 15) is 15.0 Å². The third-order valence-corrected chi connectivity index (χ3v) is 9.39. The standard InChI is InChI=1S/C42H44N2O5/c1-29(40(46)33-11-5-3-6-12-33)44(2)27-37-25-39(32-19-17-30(28-45)18-20-32)49-42(48-37)35-23-21-31(22-24-35)38-16-10-9-15-36(38)26-43-41(47)34-13-7-4-8-14-34/h3-24,29,37,39-40,42,45-46H,25-28H2,1-2H3,(H,43,47). The van der Waals surface area contributed by atoms with Crippen LogP contribution in [0.2, 0.25) is 0 Å². The summed E-state index contributed by atoms with van der Waals surface area (Å²) in [6.07, 6.45) is -0.962. The van der Waals surface area contributed by atoms with Gasteiger partial charge in [0.15, 0.2) is 6.29 Å². The summed E-state index contributed by atoms with van der Waals surface area (Å²) < 4.78 is 13.2. The monoisotopic (exact) mass is 656 g/mol. The van der Waals surface area contributed by atoms with Crippen molar-refractivity contribution >= 4 is 5.91 Å². The molecule has 1 fully saturated rings. The molecule has 5 unspecified atom stereocenters. The van der Waals surface area contributed by atoms with Crippen LogP contribution in [0.25, 0.3) is 11.1 Å². The largest absolute Gasteiger partial charge is 0.392 e. The molecule has 0 aromatic heterocycles. The van der Waals surface area contributed by atoms with Crippen molar-refractivity contribution in [3.8, 4) is 11.1 Å². The molecule has 5 atom stereocenters. The van der Waals surface area contributed by atoms with Crippen LogP contribution >= 0.6 is 0 Å². The van der Waals surface area contributed by atoms with Crippen molar-refractivity contribution in [3.63, 3.8) is 0 Å². The van der Waals surface area contributed by atoms with Crippen molar-refractivity contribution < 1.29 is 24.5 Å². The normalized spacial score (nSPS) is 18.9. The Hall–Kier alpha value is -4.63. The van der Waals surface area contributed by atoms with E-state index in [1.807, 2.05) is 117 Å². The molecule has 1 amide bonds. The summed E-state index contributed by atoms with van der Waals surface area (Å²) in [5, 5.41) is 23.7. The number of rotatable bonds is 12. The molecule has 49 heavy (non-hydrogen) atoms. The average molecular weight is 657 g/mol. The maximum Gasteiger partial charge on any atom is 0.251 e. The number of carbonyl (C=O) groups excluding carboxylic acids is 1. The topological polar surface area (TPSA) is 91.3 Å². The molecule has 6 rings (SSSR count). The first kappa shape index (κ1) is 34.2. The molecule has 0 spiro atoms. The molecule has 1 aliphatic rings. The molecule has 7 nitrogen and oxygen atoms in total. The van der Waals surface area contributed by atoms with Crippen molar-refractivity contribution in [2.75, 3.05) is 13.6 Å². The fourth-order valence-electron chi connectivity index (χ4n) is 6.33. The molecule has 0 bridgehead atoms. The molecule has 3 N–H and O–H groups in total. The summed E-state index contributed by atoms with van der Waals surface area (Å²) in [5.74, 6) is -0.109. The highest BCUT2D eigenvalue weighted by molar-refractivity contribution is 5.94. The number of benzene rings is 5. The first-order valence-electron chi connectivity index (χ1n) is 16.8. The first-order chi connectivity index (χ1) is 23.9. The highest BCUT2D eigenvalue weighted by Gasteiger charge is 2.34. The quantitative estimate of drug-likeness (QED) is 0.130. The van der Waals surface area contributed by atoms with Crippen LogP contribution in [0.3, 0.4) is 0 Å². The third-order valence-electron chi connectivity index (χ3n) is 9.39. The van der Waals surface area contributed by atoms with Gasteiger partial charge < -0.3 is 25.0 Å². The molecule has 5 aromatic carbocycles. The maximum absolute atomic E-state index is 12.7. The summed E-state index contributed by atoms with van der Waals surface area (Å²) in [4.78, 5) is 14.9. The van der Waals surface area contributed by atoms with Crippen molar-refractivity contribution in [3.05, 3.63) is 167 Å². The second-order valence-electron chi connectivity index (χ2n) is 12.7. The van der Waals surface area contributed by atoms with E-state index >= 15 is 0 Å². The van der Waals surface area contributed by atoms with E-state index in [1.54, 1.807) is 12.1 Å². The zero-order valence-corrected chi connectivity index (χ0v) is 28.0. The van der Waals surface area contributed by atoms with Gasteiger partial charge in [0.05, 0.1) is 24.9 Å². The summed E-state index contributed by atoms with van der Waals surface area (Å²) in [6.45, 7) is 3.03. The van der Waals surface area contributed by atoms with Crippen LogP contribution in [0, 0.1) is 0 Å². The van der Waals surface area contributed by atoms with Gasteiger partial charge in [-0.25, -0.2) is 0 Å². The Bertz CT molecular complexity index is 1780. The fourth-order valence-corrected chi connectivity index (χ4v) is 6.33. The maximum atomic E-state index is 12.7. The van der Waals surface area contributed by atoms with Gasteiger partial charge >= 0.3 is 0 Å². The van der Waals surface area contributed by atoms with Gasteiger partial charge in [0.1, 0.15) is 0 Å². The van der Waals surface area contributed by atoms with E-state index < -0.39 is 12.4 Å². The second kappa shape index (κ2) is 16.2. The zero-order chi connectivity index (χ0) is 34.2. The SMILES string of the molecule is CC(C(O)c1ccccc1)N(C)CC1CC(c2ccc(CO)cc2)OC(c2ccc(-c3ccccc3CNC(=O)c3ccccc3)cc2)O1. The lowest BCUT2D eigenvalue weighted by Gasteiger charge is -2.39. The van der Waals surface area contributed by atoms with Gasteiger partial charge in [0, 0.05) is 36.7 Å². The van der Waals surface area contributed by atoms with Crippen molar-refractivity contribution in [1.82, 2.24) is 10.2 Å². The molecular formula is C42H44N2O5. The Kier molecular flexibility index (Phi) is 11.3. The van der Waals surface area contributed by atoms with E-state index in [-0.39, 0.29) is 30.8 Å². The van der Waals surface area contributed by atoms with Gasteiger partial charge in [-0.1, -0.05) is 121 Å². The molecule has 1 heterocycles. The summed E-state index contributed by atoms with van der Waals surface area (Å²) in [6, 6.07) is 43.0. The molecule has 5 aromatic rings. The Morgan fingerprint density at radius 3 is 2.14 bits per heavy atom. The summed E-state index contributed by atoms with van der Waals surface area (Å²) in [5.41, 5.74) is 7.38. The smallest absolute Gasteiger partial charge is 0.251 e.